The summed E-state index contributed by atoms with van der Waals surface area (Å²) >= 11 is 3.36. The molecule has 0 bridgehead atoms. The predicted octanol–water partition coefficient (Wildman–Crippen LogP) is 3.43. The number of carbonyl (C=O) groups excluding carboxylic acids is 4. The van der Waals surface area contributed by atoms with Crippen molar-refractivity contribution < 1.29 is 37.1 Å². The molecule has 1 saturated heterocycles. The van der Waals surface area contributed by atoms with Crippen LogP contribution in [0.5, 0.6) is 5.75 Å². The number of sulfonamides is 1. The van der Waals surface area contributed by atoms with Crippen LogP contribution in [0.15, 0.2) is 35.6 Å². The van der Waals surface area contributed by atoms with Gasteiger partial charge in [-0.1, -0.05) is 26.8 Å². The second-order valence-corrected chi connectivity index (χ2v) is 15.9. The molecule has 0 aromatic carbocycles. The second kappa shape index (κ2) is 12.7. The van der Waals surface area contributed by atoms with Crippen LogP contribution in [0.3, 0.4) is 0 Å². The molecule has 0 radical (unpaired) electrons. The number of esters is 1. The number of methoxy groups -OCH3 is 1. The smallest absolute Gasteiger partial charge is 0.306 e. The molecule has 1 N–H and O–H groups in total. The van der Waals surface area contributed by atoms with Crippen molar-refractivity contribution in [3.05, 3.63) is 35.6 Å². The Morgan fingerprint density at radius 1 is 1.26 bits per heavy atom. The Kier molecular flexibility index (Phi) is 9.75. The van der Waals surface area contributed by atoms with Crippen LogP contribution < -0.4 is 9.46 Å². The van der Waals surface area contributed by atoms with Crippen molar-refractivity contribution in [3.8, 4) is 5.75 Å². The van der Waals surface area contributed by atoms with Gasteiger partial charge in [-0.3, -0.25) is 28.9 Å². The first-order chi connectivity index (χ1) is 20.1. The second-order valence-electron chi connectivity index (χ2n) is 13.0. The molecule has 1 aromatic rings. The number of allylic oxidation sites excluding steroid dienone is 1. The summed E-state index contributed by atoms with van der Waals surface area (Å²) in [7, 11) is -2.54. The Hall–Kier alpha value is -2.80. The molecule has 236 valence electrons. The molecule has 1 aliphatic heterocycles. The van der Waals surface area contributed by atoms with E-state index in [2.05, 4.69) is 32.2 Å². The molecule has 4 rings (SSSR count). The summed E-state index contributed by atoms with van der Waals surface area (Å²) in [6.45, 7) is 9.76. The Morgan fingerprint density at radius 3 is 2.51 bits per heavy atom. The maximum atomic E-state index is 14.1. The number of ketones is 1. The van der Waals surface area contributed by atoms with E-state index in [1.807, 2.05) is 20.8 Å². The Morgan fingerprint density at radius 2 is 1.95 bits per heavy atom. The Labute approximate surface area is 261 Å². The molecule has 11 nitrogen and oxygen atoms in total. The normalized spacial score (nSPS) is 25.9. The summed E-state index contributed by atoms with van der Waals surface area (Å²) in [5, 5.41) is -0.585. The third-order valence-corrected chi connectivity index (χ3v) is 11.0. The monoisotopic (exact) mass is 681 g/mol. The molecule has 1 unspecified atom stereocenters. The molecular weight excluding hydrogens is 642 g/mol. The average Bonchev–Trinajstić information content (AvgIpc) is 3.86. The van der Waals surface area contributed by atoms with Gasteiger partial charge >= 0.3 is 5.97 Å². The molecule has 2 aliphatic carbocycles. The Bertz CT molecular complexity index is 1390. The number of Topliss-reactive ketones (excluding diaryl/α,β-unsaturated/α-hetero) is 1. The SMILES string of the molecule is C=CC1C[C@]1(CC(=O)[C@@H]1C[C@@H](COc2cncc(Br)c2)CN1C(=O)[C@@H](CC(=O)OC)C(C)(C)C)C(=O)NS(=O)(=O)C1CC1. The minimum Gasteiger partial charge on any atom is -0.492 e. The zero-order valence-electron chi connectivity index (χ0n) is 25.0. The van der Waals surface area contributed by atoms with E-state index in [-0.39, 0.29) is 55.9 Å². The molecule has 3 aliphatic rings. The first-order valence-corrected chi connectivity index (χ1v) is 16.8. The quantitative estimate of drug-likeness (QED) is 0.244. The van der Waals surface area contributed by atoms with Crippen molar-refractivity contribution in [2.45, 2.75) is 70.6 Å². The molecular formula is C30H40BrN3O8S. The van der Waals surface area contributed by atoms with Gasteiger partial charge in [-0.05, 0) is 59.0 Å². The molecule has 1 aromatic heterocycles. The van der Waals surface area contributed by atoms with Gasteiger partial charge in [-0.15, -0.1) is 6.58 Å². The van der Waals surface area contributed by atoms with E-state index < -0.39 is 49.9 Å². The van der Waals surface area contributed by atoms with Gasteiger partial charge in [0, 0.05) is 29.6 Å². The van der Waals surface area contributed by atoms with Gasteiger partial charge in [0.25, 0.3) is 0 Å². The summed E-state index contributed by atoms with van der Waals surface area (Å²) in [6.07, 6.45) is 5.97. The number of amides is 2. The lowest BCUT2D eigenvalue weighted by molar-refractivity contribution is -0.151. The fourth-order valence-corrected chi connectivity index (χ4v) is 7.53. The minimum absolute atomic E-state index is 0.148. The molecule has 2 saturated carbocycles. The zero-order valence-corrected chi connectivity index (χ0v) is 27.4. The van der Waals surface area contributed by atoms with Crippen LogP contribution in [0.1, 0.15) is 59.3 Å². The predicted molar refractivity (Wildman–Crippen MR) is 161 cm³/mol. The molecule has 3 fully saturated rings. The van der Waals surface area contributed by atoms with Crippen LogP contribution in [-0.2, 0) is 33.9 Å². The number of hydrogen-bond donors (Lipinski definition) is 1. The third-order valence-electron chi connectivity index (χ3n) is 8.71. The maximum Gasteiger partial charge on any atom is 0.306 e. The van der Waals surface area contributed by atoms with Gasteiger partial charge in [-0.2, -0.15) is 0 Å². The molecule has 2 heterocycles. The summed E-state index contributed by atoms with van der Waals surface area (Å²) in [6, 6.07) is 0.889. The molecule has 43 heavy (non-hydrogen) atoms. The van der Waals surface area contributed by atoms with E-state index in [1.54, 1.807) is 24.5 Å². The topological polar surface area (TPSA) is 149 Å². The first kappa shape index (κ1) is 33.1. The highest BCUT2D eigenvalue weighted by Crippen LogP contribution is 2.57. The van der Waals surface area contributed by atoms with Gasteiger partial charge in [0.1, 0.15) is 5.75 Å². The number of pyridine rings is 1. The summed E-state index contributed by atoms with van der Waals surface area (Å²) in [5.74, 6) is -2.73. The fourth-order valence-electron chi connectivity index (χ4n) is 5.80. The lowest BCUT2D eigenvalue weighted by Crippen LogP contribution is -2.48. The van der Waals surface area contributed by atoms with Gasteiger partial charge in [0.05, 0.1) is 49.0 Å². The largest absolute Gasteiger partial charge is 0.492 e. The number of halogens is 1. The summed E-state index contributed by atoms with van der Waals surface area (Å²) < 4.78 is 38.8. The van der Waals surface area contributed by atoms with Crippen LogP contribution in [0.25, 0.3) is 0 Å². The van der Waals surface area contributed by atoms with Gasteiger partial charge in [-0.25, -0.2) is 8.42 Å². The van der Waals surface area contributed by atoms with E-state index in [0.29, 0.717) is 25.0 Å². The standard InChI is InChI=1S/C30H40BrN3O8S/c1-6-19-12-30(19,28(38)33-43(39,40)22-7-8-22)13-25(35)24-9-18(17-42-21-10-20(31)14-32-15-21)16-34(24)27(37)23(29(2,3)4)11-26(36)41-5/h6,10,14-15,18-19,22-24H,1,7-9,11-13,16-17H2,2-5H3,(H,33,38)/t18-,19?,23-,24+,30-/m1/s1. The molecule has 5 atom stereocenters. The number of hydrogen-bond acceptors (Lipinski definition) is 9. The minimum atomic E-state index is -3.81. The van der Waals surface area contributed by atoms with Crippen molar-refractivity contribution >= 4 is 49.5 Å². The number of carbonyl (C=O) groups is 4. The van der Waals surface area contributed by atoms with Crippen molar-refractivity contribution in [2.75, 3.05) is 20.3 Å². The third kappa shape index (κ3) is 7.65. The number of nitrogens with zero attached hydrogens (tertiary/aromatic N) is 2. The summed E-state index contributed by atoms with van der Waals surface area (Å²) in [5.41, 5.74) is -1.85. The van der Waals surface area contributed by atoms with E-state index in [4.69, 9.17) is 9.47 Å². The zero-order chi connectivity index (χ0) is 31.7. The number of rotatable bonds is 13. The van der Waals surface area contributed by atoms with Gasteiger partial charge in [0.15, 0.2) is 5.78 Å². The number of ether oxygens (including phenoxy) is 2. The van der Waals surface area contributed by atoms with Crippen LogP contribution >= 0.6 is 15.9 Å². The highest BCUT2D eigenvalue weighted by molar-refractivity contribution is 9.10. The van der Waals surface area contributed by atoms with Crippen molar-refractivity contribution in [3.63, 3.8) is 0 Å². The number of aromatic nitrogens is 1. The van der Waals surface area contributed by atoms with Crippen LogP contribution in [-0.4, -0.2) is 73.4 Å². The van der Waals surface area contributed by atoms with E-state index in [0.717, 1.165) is 4.47 Å². The fraction of sp³-hybridized carbons (Fsp3) is 0.633. The highest BCUT2D eigenvalue weighted by Gasteiger charge is 2.61. The van der Waals surface area contributed by atoms with Crippen LogP contribution in [0.4, 0.5) is 0 Å². The maximum absolute atomic E-state index is 14.1. The molecule has 0 spiro atoms. The van der Waals surface area contributed by atoms with Crippen LogP contribution in [0, 0.1) is 28.6 Å². The van der Waals surface area contributed by atoms with Crippen molar-refractivity contribution in [2.24, 2.45) is 28.6 Å². The Balaban J connectivity index is 1.57. The lowest BCUT2D eigenvalue weighted by atomic mass is 9.77. The molecule has 2 amide bonds. The van der Waals surface area contributed by atoms with E-state index in [9.17, 15) is 27.6 Å². The van der Waals surface area contributed by atoms with Crippen molar-refractivity contribution in [1.82, 2.24) is 14.6 Å². The lowest BCUT2D eigenvalue weighted by Gasteiger charge is -2.35. The summed E-state index contributed by atoms with van der Waals surface area (Å²) in [4.78, 5) is 59.2. The molecule has 13 heteroatoms. The van der Waals surface area contributed by atoms with Gasteiger partial charge < -0.3 is 14.4 Å². The van der Waals surface area contributed by atoms with Crippen molar-refractivity contribution in [1.29, 1.82) is 0 Å². The number of likely N-dealkylation sites (tertiary alicyclic amines) is 1. The van der Waals surface area contributed by atoms with E-state index >= 15 is 0 Å². The highest BCUT2D eigenvalue weighted by atomic mass is 79.9. The van der Waals surface area contributed by atoms with Crippen LogP contribution in [0.2, 0.25) is 0 Å². The van der Waals surface area contributed by atoms with Gasteiger partial charge in [0.2, 0.25) is 21.8 Å². The average molecular weight is 683 g/mol. The van der Waals surface area contributed by atoms with E-state index in [1.165, 1.54) is 12.0 Å². The first-order valence-electron chi connectivity index (χ1n) is 14.4. The number of nitrogens with one attached hydrogen (secondary N) is 1.